The summed E-state index contributed by atoms with van der Waals surface area (Å²) in [5, 5.41) is 0. The van der Waals surface area contributed by atoms with Gasteiger partial charge in [0.2, 0.25) is 22.8 Å². The Bertz CT molecular complexity index is 4160. The van der Waals surface area contributed by atoms with Gasteiger partial charge in [0.1, 0.15) is 28.2 Å². The van der Waals surface area contributed by atoms with Crippen LogP contribution in [0.3, 0.4) is 0 Å². The molecule has 4 heterocycles. The lowest BCUT2D eigenvalue weighted by Gasteiger charge is -2.36. The molecule has 0 bridgehead atoms. The molecule has 4 nitrogen and oxygen atoms in total. The lowest BCUT2D eigenvalue weighted by atomic mass is 9.68. The van der Waals surface area contributed by atoms with E-state index in [4.69, 9.17) is 8.22 Å². The third-order valence-corrected chi connectivity index (χ3v) is 24.9. The summed E-state index contributed by atoms with van der Waals surface area (Å²) in [6.45, 7) is 52.8. The van der Waals surface area contributed by atoms with E-state index in [2.05, 4.69) is 297 Å². The first kappa shape index (κ1) is 71.8. The Hall–Kier alpha value is -6.52. The van der Waals surface area contributed by atoms with E-state index in [0.717, 1.165) is 72.2 Å². The molecule has 0 amide bonds. The number of aromatic nitrogens is 4. The number of hydrogen-bond donors (Lipinski definition) is 0. The summed E-state index contributed by atoms with van der Waals surface area (Å²) in [6.07, 6.45) is 23.0. The summed E-state index contributed by atoms with van der Waals surface area (Å²) in [7, 11) is 8.56. The first-order valence-corrected chi connectivity index (χ1v) is 37.4. The van der Waals surface area contributed by atoms with Crippen LogP contribution in [0, 0.1) is 62.2 Å². The highest BCUT2D eigenvalue weighted by atomic mass is 14.9. The zero-order valence-corrected chi connectivity index (χ0v) is 66.9. The van der Waals surface area contributed by atoms with Crippen molar-refractivity contribution in [2.45, 2.75) is 296 Å². The van der Waals surface area contributed by atoms with Crippen molar-refractivity contribution in [3.63, 3.8) is 0 Å². The average molecular weight is 1320 g/mol. The molecule has 4 heteroatoms. The van der Waals surface area contributed by atoms with Crippen LogP contribution in [0.1, 0.15) is 293 Å². The lowest BCUT2D eigenvalue weighted by Crippen LogP contribution is -2.38. The predicted molar refractivity (Wildman–Crippen MR) is 422 cm³/mol. The Balaban J connectivity index is 0.000000248. The number of nitrogens with zero attached hydrogens (tertiary/aromatic N) is 4. The number of rotatable bonds is 22. The molecular weight excluding hydrogens is 1170 g/mol. The summed E-state index contributed by atoms with van der Waals surface area (Å²) in [5.41, 5.74) is 29.2. The van der Waals surface area contributed by atoms with E-state index in [-0.39, 0.29) is 32.5 Å². The van der Waals surface area contributed by atoms with E-state index in [0.29, 0.717) is 11.1 Å². The zero-order chi connectivity index (χ0) is 77.9. The molecule has 0 unspecified atom stereocenters. The molecule has 0 spiro atoms. The monoisotopic (exact) mass is 1320 g/mol. The van der Waals surface area contributed by atoms with Gasteiger partial charge >= 0.3 is 0 Å². The van der Waals surface area contributed by atoms with Gasteiger partial charge in [-0.1, -0.05) is 196 Å². The van der Waals surface area contributed by atoms with E-state index in [1.54, 1.807) is 23.8 Å². The Morgan fingerprint density at radius 1 is 0.258 bits per heavy atom. The molecule has 0 aliphatic carbocycles. The van der Waals surface area contributed by atoms with Gasteiger partial charge in [0.05, 0.1) is 0 Å². The van der Waals surface area contributed by atoms with Gasteiger partial charge in [0, 0.05) is 77.0 Å². The number of pyridine rings is 4. The fourth-order valence-electron chi connectivity index (χ4n) is 14.7. The fraction of sp³-hybridized carbons (Fsp3) is 0.527. The normalized spacial score (nSPS) is 13.3. The fourth-order valence-corrected chi connectivity index (χ4v) is 14.7. The predicted octanol–water partition coefficient (Wildman–Crippen LogP) is 24.0. The molecular formula is C93H138N4+4. The van der Waals surface area contributed by atoms with Crippen LogP contribution < -0.4 is 18.3 Å². The number of benzene rings is 4. The summed E-state index contributed by atoms with van der Waals surface area (Å²) in [4.78, 5) is 0. The van der Waals surface area contributed by atoms with E-state index >= 15 is 0 Å². The molecule has 0 radical (unpaired) electrons. The molecule has 0 atom stereocenters. The molecule has 0 saturated carbocycles. The van der Waals surface area contributed by atoms with Crippen LogP contribution in [0.15, 0.2) is 128 Å². The molecule has 0 N–H and O–H groups in total. The van der Waals surface area contributed by atoms with Crippen molar-refractivity contribution in [1.29, 1.82) is 0 Å². The maximum atomic E-state index is 7.72. The third kappa shape index (κ3) is 17.9. The molecule has 4 aromatic heterocycles. The molecule has 0 fully saturated rings. The molecule has 4 aromatic carbocycles. The summed E-state index contributed by atoms with van der Waals surface area (Å²) in [5.74, 6) is 0. The van der Waals surface area contributed by atoms with Crippen LogP contribution in [0.5, 0.6) is 0 Å². The van der Waals surface area contributed by atoms with Crippen LogP contribution in [-0.2, 0) is 60.7 Å². The first-order chi connectivity index (χ1) is 48.0. The minimum Gasteiger partial charge on any atom is -0.201 e. The Labute approximate surface area is 604 Å². The van der Waals surface area contributed by atoms with Crippen molar-refractivity contribution in [3.8, 4) is 45.0 Å². The average Bonchev–Trinajstić information content (AvgIpc) is 0.764. The maximum absolute atomic E-state index is 7.72. The largest absolute Gasteiger partial charge is 0.212 e. The van der Waals surface area contributed by atoms with Crippen molar-refractivity contribution in [2.75, 3.05) is 0 Å². The van der Waals surface area contributed by atoms with Crippen molar-refractivity contribution in [1.82, 2.24) is 0 Å². The van der Waals surface area contributed by atoms with Gasteiger partial charge < -0.3 is 0 Å². The van der Waals surface area contributed by atoms with Gasteiger partial charge in [0.25, 0.3) is 0 Å². The Morgan fingerprint density at radius 3 is 0.773 bits per heavy atom. The van der Waals surface area contributed by atoms with E-state index in [1.165, 1.54) is 117 Å². The van der Waals surface area contributed by atoms with Crippen LogP contribution in [0.25, 0.3) is 45.0 Å². The second-order valence-corrected chi connectivity index (χ2v) is 30.7. The minimum atomic E-state index is -2.08. The zero-order valence-electron chi connectivity index (χ0n) is 72.9. The standard InChI is InChI=1S/C26H40N.C25H38N.2C21H30N/c1-10-25(7,11-2)22-17-24(21-15-14-19(5)16-20(21)6)27(9)18-23(22)26(8,12-3)13-4;1-9-24(6,10-2)21-17-23(20-16-14-13-15-19(20)5)26(8)18-22(21)25(7,11-3)12-4;2*1-8-21(6,9-2)19-14-22(7)20(13-17(19)5)18-11-10-15(3)12-16(18)4/h14-18H,10-13H2,1-9H3;13-18H,9-12H2,1-8H3;2*10-14H,8-9H2,1-7H3/q4*+1/i5D3;;3D3;. The highest BCUT2D eigenvalue weighted by molar-refractivity contribution is 5.66. The smallest absolute Gasteiger partial charge is 0.201 e. The van der Waals surface area contributed by atoms with Crippen molar-refractivity contribution < 1.29 is 26.5 Å². The second kappa shape index (κ2) is 34.0. The van der Waals surface area contributed by atoms with Gasteiger partial charge in [-0.25, -0.2) is 18.3 Å². The molecule has 0 saturated heterocycles. The van der Waals surface area contributed by atoms with Crippen LogP contribution in [-0.4, -0.2) is 0 Å². The van der Waals surface area contributed by atoms with Crippen LogP contribution in [0.4, 0.5) is 0 Å². The van der Waals surface area contributed by atoms with Crippen molar-refractivity contribution in [2.24, 2.45) is 28.2 Å². The van der Waals surface area contributed by atoms with Crippen LogP contribution >= 0.6 is 0 Å². The second-order valence-electron chi connectivity index (χ2n) is 30.7. The van der Waals surface area contributed by atoms with Gasteiger partial charge in [-0.15, -0.1) is 0 Å². The van der Waals surface area contributed by atoms with Crippen molar-refractivity contribution in [3.05, 3.63) is 211 Å². The topological polar surface area (TPSA) is 15.5 Å². The summed E-state index contributed by atoms with van der Waals surface area (Å²) >= 11 is 0. The van der Waals surface area contributed by atoms with E-state index in [9.17, 15) is 0 Å². The third-order valence-electron chi connectivity index (χ3n) is 24.9. The lowest BCUT2D eigenvalue weighted by molar-refractivity contribution is -0.661. The molecule has 0 aliphatic heterocycles. The van der Waals surface area contributed by atoms with Crippen LogP contribution in [0.2, 0.25) is 0 Å². The Morgan fingerprint density at radius 2 is 0.495 bits per heavy atom. The van der Waals surface area contributed by atoms with Gasteiger partial charge in [-0.05, 0) is 240 Å². The van der Waals surface area contributed by atoms with E-state index < -0.39 is 13.7 Å². The molecule has 8 aromatic rings. The highest BCUT2D eigenvalue weighted by Crippen LogP contribution is 2.45. The number of aryl methyl sites for hydroxylation is 13. The SMILES string of the molecule is CCC(C)(CC)c1c[n+](C)c(-c2ccc(C)cc2C)cc1C.CCC(C)(CC)c1cc(-c2ccccc2C)[n+](C)cc1C(C)(CC)CC.[2H]C([2H])([2H])c1ccc(-c2cc(C(C)(CC)CC)c(C(C)(CC)CC)c[n+]2C)c(C)c1.[2H]C([2H])([2H])c1ccc(-c2cc(C)c(C(C)(CC)CC)c[n+]2C)c(C)c1. The van der Waals surface area contributed by atoms with Gasteiger partial charge in [-0.2, -0.15) is 0 Å². The van der Waals surface area contributed by atoms with Gasteiger partial charge in [0.15, 0.2) is 24.8 Å². The molecule has 8 rings (SSSR count). The first-order valence-electron chi connectivity index (χ1n) is 40.4. The summed E-state index contributed by atoms with van der Waals surface area (Å²) < 4.78 is 55.0. The summed E-state index contributed by atoms with van der Waals surface area (Å²) in [6, 6.07) is 35.9. The number of hydrogen-bond acceptors (Lipinski definition) is 0. The highest BCUT2D eigenvalue weighted by Gasteiger charge is 2.39. The Kier molecular flexibility index (Phi) is 25.2. The quantitative estimate of drug-likeness (QED) is 0.0601. The van der Waals surface area contributed by atoms with Gasteiger partial charge in [-0.3, -0.25) is 0 Å². The van der Waals surface area contributed by atoms with Crippen molar-refractivity contribution >= 4 is 0 Å². The maximum Gasteiger partial charge on any atom is 0.212 e. The molecule has 0 aliphatic rings. The molecule has 526 valence electrons. The molecule has 97 heavy (non-hydrogen) atoms. The minimum absolute atomic E-state index is 0.108. The van der Waals surface area contributed by atoms with E-state index in [1.807, 2.05) is 32.0 Å².